The number of nitrogens with one attached hydrogen (secondary N) is 2. The summed E-state index contributed by atoms with van der Waals surface area (Å²) in [5, 5.41) is 13.8. The van der Waals surface area contributed by atoms with Crippen molar-refractivity contribution < 1.29 is 33.2 Å². The fraction of sp³-hybridized carbons (Fsp3) is 0.696. The number of esters is 1. The number of anilines is 1. The van der Waals surface area contributed by atoms with E-state index in [-0.39, 0.29) is 47.3 Å². The van der Waals surface area contributed by atoms with Crippen LogP contribution in [0.25, 0.3) is 11.2 Å². The van der Waals surface area contributed by atoms with Crippen LogP contribution in [0, 0.1) is 5.41 Å². The highest BCUT2D eigenvalue weighted by atomic mass is 35.5. The molecule has 1 aliphatic heterocycles. The van der Waals surface area contributed by atoms with E-state index in [9.17, 15) is 19.5 Å². The molecule has 5 unspecified atom stereocenters. The number of nitrogen functional groups attached to an aromatic ring is 1. The summed E-state index contributed by atoms with van der Waals surface area (Å²) < 4.78 is 22.4. The fourth-order valence-electron chi connectivity index (χ4n) is 3.64. The number of nitrogens with zero attached hydrogens (tertiary/aromatic N) is 3. The van der Waals surface area contributed by atoms with Gasteiger partial charge >= 0.3 is 5.97 Å². The van der Waals surface area contributed by atoms with Crippen LogP contribution >= 0.6 is 41.6 Å². The number of ether oxygens (including phenoxy) is 2. The van der Waals surface area contributed by atoms with E-state index in [4.69, 9.17) is 59.3 Å². The number of alkyl halides is 2. The van der Waals surface area contributed by atoms with Crippen molar-refractivity contribution in [2.75, 3.05) is 24.7 Å². The minimum absolute atomic E-state index is 0.0248. The zero-order chi connectivity index (χ0) is 31.6. The van der Waals surface area contributed by atoms with Gasteiger partial charge in [-0.3, -0.25) is 23.9 Å². The minimum Gasteiger partial charge on any atom is -0.462 e. The third kappa shape index (κ3) is 8.43. The normalized spacial score (nSPS) is 22.8. The Bertz CT molecular complexity index is 1400. The Hall–Kier alpha value is -1.33. The van der Waals surface area contributed by atoms with E-state index in [0.717, 1.165) is 11.8 Å². The van der Waals surface area contributed by atoms with Gasteiger partial charge in [-0.1, -0.05) is 55.7 Å². The summed E-state index contributed by atoms with van der Waals surface area (Å²) in [6.07, 6.45) is -3.02. The number of nitrogens with two attached hydrogens (primary N) is 1. The third-order valence-corrected chi connectivity index (χ3v) is 10.5. The van der Waals surface area contributed by atoms with Gasteiger partial charge in [0, 0.05) is 11.2 Å². The van der Waals surface area contributed by atoms with Crippen LogP contribution in [0.3, 0.4) is 0 Å². The number of halogens is 2. The lowest BCUT2D eigenvalue weighted by Crippen LogP contribution is -2.39. The first kappa shape index (κ1) is 35.2. The van der Waals surface area contributed by atoms with Crippen LogP contribution in [0.15, 0.2) is 11.1 Å². The van der Waals surface area contributed by atoms with Gasteiger partial charge in [-0.05, 0) is 32.6 Å². The smallest absolute Gasteiger partial charge is 0.323 e. The molecule has 0 aliphatic carbocycles. The van der Waals surface area contributed by atoms with Crippen molar-refractivity contribution in [1.29, 1.82) is 0 Å². The molecule has 0 bridgehead atoms. The van der Waals surface area contributed by atoms with Gasteiger partial charge in [0.05, 0.1) is 25.6 Å². The molecule has 2 aromatic rings. The number of aromatic amines is 1. The molecule has 14 nitrogen and oxygen atoms in total. The first-order chi connectivity index (χ1) is 19.4. The molecule has 5 atom stereocenters. The van der Waals surface area contributed by atoms with E-state index in [1.165, 1.54) is 10.9 Å². The van der Waals surface area contributed by atoms with Crippen molar-refractivity contribution in [3.63, 3.8) is 0 Å². The highest BCUT2D eigenvalue weighted by molar-refractivity contribution is 8.13. The lowest BCUT2D eigenvalue weighted by molar-refractivity contribution is -0.149. The molecular weight excluding hydrogens is 654 g/mol. The van der Waals surface area contributed by atoms with Gasteiger partial charge in [0.25, 0.3) is 12.2 Å². The lowest BCUT2D eigenvalue weighted by Gasteiger charge is -2.28. The number of hydrogen-bond donors (Lipinski definition) is 4. The molecule has 1 saturated heterocycles. The zero-order valence-corrected chi connectivity index (χ0v) is 27.9. The molecule has 0 aromatic carbocycles. The van der Waals surface area contributed by atoms with Crippen molar-refractivity contribution in [2.24, 2.45) is 5.41 Å². The van der Waals surface area contributed by atoms with Crippen LogP contribution in [0.4, 0.5) is 5.95 Å². The predicted molar refractivity (Wildman–Crippen MR) is 164 cm³/mol. The van der Waals surface area contributed by atoms with Gasteiger partial charge in [-0.25, -0.2) is 10.1 Å². The topological polar surface area (TPSA) is 193 Å². The van der Waals surface area contributed by atoms with E-state index in [1.807, 2.05) is 20.8 Å². The number of aromatic nitrogens is 4. The van der Waals surface area contributed by atoms with Crippen molar-refractivity contribution >= 4 is 81.6 Å². The highest BCUT2D eigenvalue weighted by Crippen LogP contribution is 2.50. The number of aliphatic hydroxyl groups is 1. The zero-order valence-electron chi connectivity index (χ0n) is 23.8. The molecule has 236 valence electrons. The second-order valence-corrected chi connectivity index (χ2v) is 16.5. The summed E-state index contributed by atoms with van der Waals surface area (Å²) in [5.41, 5.74) is 4.56. The number of thioether (sulfide) groups is 1. The van der Waals surface area contributed by atoms with E-state index < -0.39 is 52.4 Å². The number of imidazole rings is 1. The molecule has 1 aliphatic rings. The Balaban J connectivity index is 1.77. The molecule has 5 N–H and O–H groups in total. The first-order valence-corrected chi connectivity index (χ1v) is 17.2. The Morgan fingerprint density at radius 2 is 2.02 bits per heavy atom. The maximum absolute atomic E-state index is 12.5. The number of H-pyrrole nitrogens is 1. The Kier molecular flexibility index (Phi) is 11.5. The first-order valence-electron chi connectivity index (χ1n) is 12.8. The largest absolute Gasteiger partial charge is 0.462 e. The highest BCUT2D eigenvalue weighted by Gasteiger charge is 2.56. The third-order valence-electron chi connectivity index (χ3n) is 5.74. The van der Waals surface area contributed by atoms with E-state index in [1.54, 1.807) is 20.8 Å². The van der Waals surface area contributed by atoms with Gasteiger partial charge in [-0.2, -0.15) is 4.98 Å². The molecule has 0 spiro atoms. The molecule has 0 radical (unpaired) electrons. The summed E-state index contributed by atoms with van der Waals surface area (Å²) in [7, 11) is 0. The molecule has 3 heterocycles. The van der Waals surface area contributed by atoms with E-state index >= 15 is 0 Å². The number of hydrogen-bond acceptors (Lipinski definition) is 13. The van der Waals surface area contributed by atoms with Crippen molar-refractivity contribution in [1.82, 2.24) is 24.6 Å². The standard InChI is InChI=1S/C23H35Cl2N6O8PS2/c1-11(2)38-18(34)12(3)30-40(41,36-7-8-42-20(35)22(4,5)6)37-9-13-15(32)23(24,25)19(39-13)31-10-27-14-16(31)28-21(26)29-17(14)33/h10-13,15,19,32H,7-9H2,1-6H3,(H,30,41)(H3,26,28,29,33). The molecular formula is C23H35Cl2N6O8PS2. The molecule has 2 aromatic heterocycles. The SMILES string of the molecule is CC(C)OC(=O)C(C)NP(=S)(OCCSC(=O)C(C)(C)C)OCC1OC(n2cnc3c(=O)[nH]c(N)nc32)C(Cl)(Cl)C1O. The molecule has 42 heavy (non-hydrogen) atoms. The van der Waals surface area contributed by atoms with Crippen molar-refractivity contribution in [3.05, 3.63) is 16.7 Å². The van der Waals surface area contributed by atoms with Crippen molar-refractivity contribution in [2.45, 2.75) is 76.5 Å². The van der Waals surface area contributed by atoms with Crippen LogP contribution in [0.1, 0.15) is 47.8 Å². The number of fused-ring (bicyclic) bond motifs is 1. The number of aliphatic hydroxyl groups excluding tert-OH is 1. The summed E-state index contributed by atoms with van der Waals surface area (Å²) in [6.45, 7) is 6.62. The summed E-state index contributed by atoms with van der Waals surface area (Å²) in [4.78, 5) is 47.4. The van der Waals surface area contributed by atoms with Gasteiger partial charge in [0.15, 0.2) is 26.8 Å². The summed E-state index contributed by atoms with van der Waals surface area (Å²) >= 11 is 19.8. The average Bonchev–Trinajstić information content (AvgIpc) is 3.37. The number of carbonyl (C=O) groups excluding carboxylic acids is 2. The van der Waals surface area contributed by atoms with Gasteiger partial charge in [0.2, 0.25) is 5.95 Å². The molecule has 1 fully saturated rings. The molecule has 0 amide bonds. The fourth-order valence-corrected chi connectivity index (χ4v) is 7.50. The van der Waals surface area contributed by atoms with Gasteiger partial charge in [-0.15, -0.1) is 0 Å². The Morgan fingerprint density at radius 3 is 2.64 bits per heavy atom. The Morgan fingerprint density at radius 1 is 1.36 bits per heavy atom. The van der Waals surface area contributed by atoms with Gasteiger partial charge in [0.1, 0.15) is 18.2 Å². The van der Waals surface area contributed by atoms with Crippen LogP contribution in [0.5, 0.6) is 0 Å². The monoisotopic (exact) mass is 688 g/mol. The summed E-state index contributed by atoms with van der Waals surface area (Å²) in [5.74, 6) is -0.459. The minimum atomic E-state index is -3.44. The van der Waals surface area contributed by atoms with Crippen LogP contribution in [0.2, 0.25) is 0 Å². The van der Waals surface area contributed by atoms with Crippen LogP contribution < -0.4 is 16.4 Å². The maximum Gasteiger partial charge on any atom is 0.323 e. The number of carbonyl (C=O) groups is 2. The van der Waals surface area contributed by atoms with Crippen LogP contribution in [-0.2, 0) is 39.9 Å². The van der Waals surface area contributed by atoms with E-state index in [0.29, 0.717) is 0 Å². The maximum atomic E-state index is 12.5. The molecule has 3 rings (SSSR count). The van der Waals surface area contributed by atoms with E-state index in [2.05, 4.69) is 20.0 Å². The average molecular weight is 690 g/mol. The van der Waals surface area contributed by atoms with Gasteiger partial charge < -0.3 is 29.4 Å². The lowest BCUT2D eigenvalue weighted by atomic mass is 10.00. The Labute approximate surface area is 261 Å². The molecule has 19 heteroatoms. The summed E-state index contributed by atoms with van der Waals surface area (Å²) in [6, 6.07) is -0.906. The van der Waals surface area contributed by atoms with Crippen molar-refractivity contribution in [3.8, 4) is 0 Å². The molecule has 0 saturated carbocycles. The van der Waals surface area contributed by atoms with Crippen LogP contribution in [-0.4, -0.2) is 83.4 Å². The second-order valence-electron chi connectivity index (χ2n) is 10.8. The number of rotatable bonds is 12. The quantitative estimate of drug-likeness (QED) is 0.110. The second kappa shape index (κ2) is 13.8. The predicted octanol–water partition coefficient (Wildman–Crippen LogP) is 2.63.